The lowest BCUT2D eigenvalue weighted by Crippen LogP contribution is -2.45. The maximum atomic E-state index is 14.5. The number of benzene rings is 1. The average Bonchev–Trinajstić information content (AvgIpc) is 2.47. The van der Waals surface area contributed by atoms with Gasteiger partial charge in [0.05, 0.1) is 12.6 Å². The summed E-state index contributed by atoms with van der Waals surface area (Å²) in [4.78, 5) is 0. The highest BCUT2D eigenvalue weighted by Crippen LogP contribution is 2.38. The first-order valence-corrected chi connectivity index (χ1v) is 7.05. The highest BCUT2D eigenvalue weighted by molar-refractivity contribution is 5.40. The van der Waals surface area contributed by atoms with Crippen molar-refractivity contribution < 1.29 is 13.5 Å². The molecule has 0 radical (unpaired) electrons. The monoisotopic (exact) mass is 267 g/mol. The number of nitrogens with one attached hydrogen (secondary N) is 1. The van der Waals surface area contributed by atoms with Gasteiger partial charge in [0.1, 0.15) is 5.75 Å². The van der Waals surface area contributed by atoms with Gasteiger partial charge in [-0.1, -0.05) is 6.42 Å². The van der Waals surface area contributed by atoms with E-state index in [0.29, 0.717) is 19.6 Å². The van der Waals surface area contributed by atoms with Crippen LogP contribution in [0, 0.1) is 0 Å². The van der Waals surface area contributed by atoms with Gasteiger partial charge < -0.3 is 10.1 Å². The molecule has 0 amide bonds. The number of hydrogen-bond acceptors (Lipinski definition) is 2. The molecule has 0 bridgehead atoms. The lowest BCUT2D eigenvalue weighted by atomic mass is 9.92. The average molecular weight is 267 g/mol. The van der Waals surface area contributed by atoms with Crippen molar-refractivity contribution in [3.8, 4) is 5.75 Å². The number of hydrogen-bond donors (Lipinski definition) is 1. The van der Waals surface area contributed by atoms with E-state index in [1.54, 1.807) is 12.1 Å². The number of ether oxygens (including phenoxy) is 1. The van der Waals surface area contributed by atoms with Crippen LogP contribution in [0.3, 0.4) is 0 Å². The lowest BCUT2D eigenvalue weighted by Gasteiger charge is -2.32. The third-order valence-corrected chi connectivity index (χ3v) is 4.04. The summed E-state index contributed by atoms with van der Waals surface area (Å²) in [5.74, 6) is -2.03. The van der Waals surface area contributed by atoms with E-state index in [-0.39, 0.29) is 5.56 Å². The molecule has 2 aliphatic heterocycles. The van der Waals surface area contributed by atoms with E-state index in [0.717, 1.165) is 37.0 Å². The molecular formula is C15H19F2NO. The van der Waals surface area contributed by atoms with Gasteiger partial charge in [0.25, 0.3) is 5.92 Å². The highest BCUT2D eigenvalue weighted by atomic mass is 19.3. The van der Waals surface area contributed by atoms with Crippen LogP contribution in [-0.4, -0.2) is 19.2 Å². The Balaban J connectivity index is 1.87. The van der Waals surface area contributed by atoms with E-state index in [4.69, 9.17) is 4.74 Å². The van der Waals surface area contributed by atoms with Crippen molar-refractivity contribution in [3.05, 3.63) is 29.3 Å². The van der Waals surface area contributed by atoms with Crippen LogP contribution >= 0.6 is 0 Å². The summed E-state index contributed by atoms with van der Waals surface area (Å²) in [6.45, 7) is 1.38. The topological polar surface area (TPSA) is 21.3 Å². The Kier molecular flexibility index (Phi) is 3.44. The highest BCUT2D eigenvalue weighted by Gasteiger charge is 2.42. The summed E-state index contributed by atoms with van der Waals surface area (Å²) in [7, 11) is 0. The molecule has 1 unspecified atom stereocenters. The van der Waals surface area contributed by atoms with Crippen LogP contribution in [0.4, 0.5) is 8.78 Å². The van der Waals surface area contributed by atoms with E-state index in [9.17, 15) is 8.78 Å². The third kappa shape index (κ3) is 2.46. The molecule has 1 atom stereocenters. The molecule has 1 fully saturated rings. The molecule has 0 aromatic heterocycles. The van der Waals surface area contributed by atoms with Crippen LogP contribution < -0.4 is 10.1 Å². The summed E-state index contributed by atoms with van der Waals surface area (Å²) >= 11 is 0. The van der Waals surface area contributed by atoms with Gasteiger partial charge in [0.2, 0.25) is 0 Å². The molecule has 4 heteroatoms. The molecule has 3 rings (SSSR count). The number of alkyl halides is 2. The van der Waals surface area contributed by atoms with Gasteiger partial charge in [-0.25, -0.2) is 0 Å². The molecular weight excluding hydrogens is 248 g/mol. The first-order valence-electron chi connectivity index (χ1n) is 7.05. The number of rotatable bonds is 2. The Morgan fingerprint density at radius 1 is 1.21 bits per heavy atom. The first kappa shape index (κ1) is 12.9. The van der Waals surface area contributed by atoms with Gasteiger partial charge in [0.15, 0.2) is 0 Å². The largest absolute Gasteiger partial charge is 0.493 e. The van der Waals surface area contributed by atoms with E-state index in [1.165, 1.54) is 6.07 Å². The summed E-state index contributed by atoms with van der Waals surface area (Å²) in [6, 6.07) is 4.11. The number of piperidine rings is 1. The minimum absolute atomic E-state index is 0.121. The lowest BCUT2D eigenvalue weighted by molar-refractivity contribution is -0.0513. The Hall–Kier alpha value is -1.16. The fourth-order valence-corrected chi connectivity index (χ4v) is 2.93. The molecule has 2 nitrogen and oxygen atoms in total. The van der Waals surface area contributed by atoms with Crippen molar-refractivity contribution in [1.29, 1.82) is 0 Å². The van der Waals surface area contributed by atoms with Gasteiger partial charge in [-0.15, -0.1) is 0 Å². The summed E-state index contributed by atoms with van der Waals surface area (Å²) in [6.07, 6.45) is 4.15. The Labute approximate surface area is 112 Å². The molecule has 0 saturated carbocycles. The summed E-state index contributed by atoms with van der Waals surface area (Å²) in [5.41, 5.74) is 1.04. The molecule has 2 aliphatic rings. The Morgan fingerprint density at radius 3 is 2.89 bits per heavy atom. The maximum Gasteiger partial charge on any atom is 0.288 e. The predicted octanol–water partition coefficient (Wildman–Crippen LogP) is 3.25. The summed E-state index contributed by atoms with van der Waals surface area (Å²) in [5, 5.41) is 2.96. The van der Waals surface area contributed by atoms with Crippen molar-refractivity contribution >= 4 is 0 Å². The molecule has 1 aromatic carbocycles. The maximum absolute atomic E-state index is 14.5. The first-order chi connectivity index (χ1) is 9.18. The number of aryl methyl sites for hydroxylation is 1. The molecule has 19 heavy (non-hydrogen) atoms. The van der Waals surface area contributed by atoms with E-state index >= 15 is 0 Å². The van der Waals surface area contributed by atoms with Crippen molar-refractivity contribution in [2.75, 3.05) is 13.2 Å². The zero-order valence-electron chi connectivity index (χ0n) is 10.9. The smallest absolute Gasteiger partial charge is 0.288 e. The minimum Gasteiger partial charge on any atom is -0.493 e. The molecule has 1 aromatic rings. The second kappa shape index (κ2) is 5.08. The fraction of sp³-hybridized carbons (Fsp3) is 0.600. The van der Waals surface area contributed by atoms with Gasteiger partial charge in [-0.3, -0.25) is 0 Å². The molecule has 1 N–H and O–H groups in total. The quantitative estimate of drug-likeness (QED) is 0.888. The summed E-state index contributed by atoms with van der Waals surface area (Å²) < 4.78 is 34.5. The van der Waals surface area contributed by atoms with Crippen LogP contribution in [0.15, 0.2) is 18.2 Å². The van der Waals surface area contributed by atoms with E-state index in [1.807, 2.05) is 0 Å². The number of halogens is 2. The van der Waals surface area contributed by atoms with Crippen molar-refractivity contribution in [2.45, 2.75) is 44.1 Å². The van der Waals surface area contributed by atoms with Crippen molar-refractivity contribution in [3.63, 3.8) is 0 Å². The predicted molar refractivity (Wildman–Crippen MR) is 69.8 cm³/mol. The molecule has 0 aliphatic carbocycles. The third-order valence-electron chi connectivity index (χ3n) is 4.04. The van der Waals surface area contributed by atoms with Crippen LogP contribution in [0.1, 0.15) is 36.8 Å². The van der Waals surface area contributed by atoms with Gasteiger partial charge in [-0.05, 0) is 56.0 Å². The Bertz CT molecular complexity index is 455. The standard InChI is InChI=1S/C15H19F2NO/c16-15(17,14-5-1-2-8-18-14)12-6-7-13-11(10-12)4-3-9-19-13/h6-7,10,14,18H,1-5,8-9H2. The van der Waals surface area contributed by atoms with Crippen molar-refractivity contribution in [2.24, 2.45) is 0 Å². The fourth-order valence-electron chi connectivity index (χ4n) is 2.93. The Morgan fingerprint density at radius 2 is 2.11 bits per heavy atom. The van der Waals surface area contributed by atoms with Gasteiger partial charge in [-0.2, -0.15) is 8.78 Å². The van der Waals surface area contributed by atoms with E-state index < -0.39 is 12.0 Å². The molecule has 104 valence electrons. The zero-order chi connectivity index (χ0) is 13.3. The molecule has 2 heterocycles. The van der Waals surface area contributed by atoms with Crippen molar-refractivity contribution in [1.82, 2.24) is 5.32 Å². The molecule has 0 spiro atoms. The minimum atomic E-state index is -2.80. The van der Waals surface area contributed by atoms with Gasteiger partial charge in [0, 0.05) is 5.56 Å². The van der Waals surface area contributed by atoms with Crippen LogP contribution in [0.25, 0.3) is 0 Å². The van der Waals surface area contributed by atoms with E-state index in [2.05, 4.69) is 5.32 Å². The second-order valence-electron chi connectivity index (χ2n) is 5.40. The SMILES string of the molecule is FC(F)(c1ccc2c(c1)CCCO2)C1CCCCN1. The zero-order valence-corrected chi connectivity index (χ0v) is 10.9. The number of fused-ring (bicyclic) bond motifs is 1. The normalized spacial score (nSPS) is 23.6. The van der Waals surface area contributed by atoms with Gasteiger partial charge >= 0.3 is 0 Å². The van der Waals surface area contributed by atoms with Crippen LogP contribution in [-0.2, 0) is 12.3 Å². The second-order valence-corrected chi connectivity index (χ2v) is 5.40. The molecule has 1 saturated heterocycles. The van der Waals surface area contributed by atoms with Crippen LogP contribution in [0.5, 0.6) is 5.75 Å². The van der Waals surface area contributed by atoms with Crippen LogP contribution in [0.2, 0.25) is 0 Å².